The first-order chi connectivity index (χ1) is 7.65. The van der Waals surface area contributed by atoms with E-state index in [2.05, 4.69) is 34.4 Å². The molecule has 0 fully saturated rings. The molecule has 1 rings (SSSR count). The van der Waals surface area contributed by atoms with Crippen LogP contribution in [0.3, 0.4) is 0 Å². The van der Waals surface area contributed by atoms with Gasteiger partial charge in [0.05, 0.1) is 4.47 Å². The summed E-state index contributed by atoms with van der Waals surface area (Å²) in [7, 11) is 0. The van der Waals surface area contributed by atoms with Crippen LogP contribution in [0.4, 0.5) is 0 Å². The maximum absolute atomic E-state index is 9.78. The molecule has 1 atom stereocenters. The van der Waals surface area contributed by atoms with Gasteiger partial charge in [-0.25, -0.2) is 0 Å². The van der Waals surface area contributed by atoms with Crippen molar-refractivity contribution >= 4 is 27.7 Å². The number of aromatic hydroxyl groups is 1. The molecule has 0 radical (unpaired) electrons. The maximum atomic E-state index is 9.78. The first-order valence-electron chi connectivity index (χ1n) is 5.31. The monoisotopic (exact) mass is 303 g/mol. The lowest BCUT2D eigenvalue weighted by Crippen LogP contribution is -2.22. The van der Waals surface area contributed by atoms with Gasteiger partial charge in [0.1, 0.15) is 5.75 Å². The SMILES string of the molecule is CSCC(C)CNCc1cccc(Br)c1O. The Labute approximate surface area is 110 Å². The van der Waals surface area contributed by atoms with Gasteiger partial charge in [-0.2, -0.15) is 11.8 Å². The van der Waals surface area contributed by atoms with E-state index >= 15 is 0 Å². The first kappa shape index (κ1) is 13.9. The number of nitrogens with one attached hydrogen (secondary N) is 1. The Hall–Kier alpha value is -0.190. The van der Waals surface area contributed by atoms with Crippen LogP contribution in [0.25, 0.3) is 0 Å². The fraction of sp³-hybridized carbons (Fsp3) is 0.500. The molecule has 2 nitrogen and oxygen atoms in total. The van der Waals surface area contributed by atoms with E-state index in [4.69, 9.17) is 0 Å². The molecule has 4 heteroatoms. The molecule has 1 aromatic rings. The van der Waals surface area contributed by atoms with Crippen LogP contribution < -0.4 is 5.32 Å². The number of halogens is 1. The van der Waals surface area contributed by atoms with E-state index in [1.54, 1.807) is 0 Å². The number of hydrogen-bond acceptors (Lipinski definition) is 3. The minimum atomic E-state index is 0.340. The summed E-state index contributed by atoms with van der Waals surface area (Å²) in [4.78, 5) is 0. The van der Waals surface area contributed by atoms with Gasteiger partial charge in [-0.1, -0.05) is 19.1 Å². The van der Waals surface area contributed by atoms with E-state index in [-0.39, 0.29) is 0 Å². The van der Waals surface area contributed by atoms with E-state index in [1.807, 2.05) is 30.0 Å². The molecule has 2 N–H and O–H groups in total. The molecule has 0 aliphatic rings. The number of para-hydroxylation sites is 1. The fourth-order valence-corrected chi connectivity index (χ4v) is 2.59. The number of benzene rings is 1. The number of hydrogen-bond donors (Lipinski definition) is 2. The Morgan fingerprint density at radius 2 is 2.25 bits per heavy atom. The van der Waals surface area contributed by atoms with Crippen molar-refractivity contribution in [3.05, 3.63) is 28.2 Å². The van der Waals surface area contributed by atoms with Gasteiger partial charge in [0, 0.05) is 12.1 Å². The summed E-state index contributed by atoms with van der Waals surface area (Å²) in [5.74, 6) is 2.16. The zero-order chi connectivity index (χ0) is 12.0. The average Bonchev–Trinajstić information content (AvgIpc) is 2.25. The smallest absolute Gasteiger partial charge is 0.134 e. The standard InChI is InChI=1S/C12H18BrNOS/c1-9(8-16-2)6-14-7-10-4-3-5-11(13)12(10)15/h3-5,9,14-15H,6-8H2,1-2H3. The zero-order valence-electron chi connectivity index (χ0n) is 9.66. The van der Waals surface area contributed by atoms with Crippen molar-refractivity contribution in [1.82, 2.24) is 5.32 Å². The summed E-state index contributed by atoms with van der Waals surface area (Å²) in [5.41, 5.74) is 0.936. The third-order valence-electron chi connectivity index (χ3n) is 2.33. The second kappa shape index (κ2) is 7.20. The fourth-order valence-electron chi connectivity index (χ4n) is 1.50. The molecule has 0 aliphatic carbocycles. The van der Waals surface area contributed by atoms with E-state index in [0.29, 0.717) is 18.2 Å². The third-order valence-corrected chi connectivity index (χ3v) is 3.87. The second-order valence-corrected chi connectivity index (χ2v) is 5.70. The van der Waals surface area contributed by atoms with Gasteiger partial charge in [0.25, 0.3) is 0 Å². The quantitative estimate of drug-likeness (QED) is 0.846. The van der Waals surface area contributed by atoms with Gasteiger partial charge in [-0.3, -0.25) is 0 Å². The Morgan fingerprint density at radius 3 is 2.94 bits per heavy atom. The molecule has 0 aliphatic heterocycles. The molecule has 90 valence electrons. The van der Waals surface area contributed by atoms with Gasteiger partial charge >= 0.3 is 0 Å². The van der Waals surface area contributed by atoms with Gasteiger partial charge in [-0.15, -0.1) is 0 Å². The summed E-state index contributed by atoms with van der Waals surface area (Å²) in [6.45, 7) is 3.92. The predicted molar refractivity (Wildman–Crippen MR) is 75.1 cm³/mol. The molecule has 0 bridgehead atoms. The molecule has 0 spiro atoms. The summed E-state index contributed by atoms with van der Waals surface area (Å²) in [5, 5.41) is 13.1. The van der Waals surface area contributed by atoms with Crippen molar-refractivity contribution in [3.63, 3.8) is 0 Å². The lowest BCUT2D eigenvalue weighted by Gasteiger charge is -2.12. The first-order valence-corrected chi connectivity index (χ1v) is 7.49. The maximum Gasteiger partial charge on any atom is 0.134 e. The third kappa shape index (κ3) is 4.36. The molecule has 0 amide bonds. The highest BCUT2D eigenvalue weighted by Crippen LogP contribution is 2.27. The number of phenols is 1. The topological polar surface area (TPSA) is 32.3 Å². The predicted octanol–water partition coefficient (Wildman–Crippen LogP) is 3.24. The van der Waals surface area contributed by atoms with Gasteiger partial charge in [0.2, 0.25) is 0 Å². The van der Waals surface area contributed by atoms with Crippen molar-refractivity contribution < 1.29 is 5.11 Å². The van der Waals surface area contributed by atoms with Crippen LogP contribution in [0.1, 0.15) is 12.5 Å². The van der Waals surface area contributed by atoms with Crippen LogP contribution in [-0.4, -0.2) is 23.7 Å². The average molecular weight is 304 g/mol. The lowest BCUT2D eigenvalue weighted by molar-refractivity contribution is 0.458. The molecular weight excluding hydrogens is 286 g/mol. The van der Waals surface area contributed by atoms with Gasteiger partial charge in [-0.05, 0) is 46.5 Å². The summed E-state index contributed by atoms with van der Waals surface area (Å²) < 4.78 is 0.754. The van der Waals surface area contributed by atoms with E-state index in [0.717, 1.165) is 22.3 Å². The van der Waals surface area contributed by atoms with E-state index < -0.39 is 0 Å². The lowest BCUT2D eigenvalue weighted by atomic mass is 10.2. The van der Waals surface area contributed by atoms with Crippen molar-refractivity contribution in [2.45, 2.75) is 13.5 Å². The molecule has 0 saturated carbocycles. The van der Waals surface area contributed by atoms with Crippen LogP contribution in [0.15, 0.2) is 22.7 Å². The number of phenolic OH excluding ortho intramolecular Hbond substituents is 1. The van der Waals surface area contributed by atoms with E-state index in [9.17, 15) is 5.11 Å². The van der Waals surface area contributed by atoms with Crippen LogP contribution in [0, 0.1) is 5.92 Å². The summed E-state index contributed by atoms with van der Waals surface area (Å²) in [6, 6.07) is 5.72. The molecule has 1 aromatic carbocycles. The molecule has 0 aromatic heterocycles. The van der Waals surface area contributed by atoms with Crippen molar-refractivity contribution in [1.29, 1.82) is 0 Å². The van der Waals surface area contributed by atoms with Crippen LogP contribution in [0.5, 0.6) is 5.75 Å². The van der Waals surface area contributed by atoms with E-state index in [1.165, 1.54) is 0 Å². The van der Waals surface area contributed by atoms with Gasteiger partial charge < -0.3 is 10.4 Å². The molecular formula is C12H18BrNOS. The molecule has 1 unspecified atom stereocenters. The molecule has 0 saturated heterocycles. The highest BCUT2D eigenvalue weighted by molar-refractivity contribution is 9.10. The van der Waals surface area contributed by atoms with Crippen molar-refractivity contribution in [3.8, 4) is 5.75 Å². The second-order valence-electron chi connectivity index (χ2n) is 3.94. The Balaban J connectivity index is 2.40. The van der Waals surface area contributed by atoms with Crippen molar-refractivity contribution in [2.24, 2.45) is 5.92 Å². The summed E-state index contributed by atoms with van der Waals surface area (Å²) >= 11 is 5.18. The highest BCUT2D eigenvalue weighted by atomic mass is 79.9. The zero-order valence-corrected chi connectivity index (χ0v) is 12.1. The Morgan fingerprint density at radius 1 is 1.50 bits per heavy atom. The minimum Gasteiger partial charge on any atom is -0.506 e. The largest absolute Gasteiger partial charge is 0.506 e. The summed E-state index contributed by atoms with van der Waals surface area (Å²) in [6.07, 6.45) is 2.12. The Bertz CT molecular complexity index is 333. The normalized spacial score (nSPS) is 12.7. The van der Waals surface area contributed by atoms with Crippen LogP contribution in [-0.2, 0) is 6.54 Å². The highest BCUT2D eigenvalue weighted by Gasteiger charge is 2.05. The molecule has 16 heavy (non-hydrogen) atoms. The Kier molecular flexibility index (Phi) is 6.24. The number of thioether (sulfide) groups is 1. The van der Waals surface area contributed by atoms with Crippen LogP contribution >= 0.6 is 27.7 Å². The number of rotatable bonds is 6. The minimum absolute atomic E-state index is 0.340. The molecule has 0 heterocycles. The van der Waals surface area contributed by atoms with Crippen molar-refractivity contribution in [2.75, 3.05) is 18.6 Å². The van der Waals surface area contributed by atoms with Crippen LogP contribution in [0.2, 0.25) is 0 Å². The van der Waals surface area contributed by atoms with Gasteiger partial charge in [0.15, 0.2) is 0 Å².